The summed E-state index contributed by atoms with van der Waals surface area (Å²) in [5.74, 6) is 0.971. The molecular formula is C18H18ClNO4. The van der Waals surface area contributed by atoms with Gasteiger partial charge in [0.2, 0.25) is 0 Å². The number of benzene rings is 1. The van der Waals surface area contributed by atoms with Gasteiger partial charge in [-0.25, -0.2) is 4.79 Å². The lowest BCUT2D eigenvalue weighted by molar-refractivity contribution is 0.0594. The van der Waals surface area contributed by atoms with Crippen LogP contribution in [0.4, 0.5) is 0 Å². The van der Waals surface area contributed by atoms with Crippen LogP contribution in [0.2, 0.25) is 5.02 Å². The predicted octanol–water partition coefficient (Wildman–Crippen LogP) is 3.29. The summed E-state index contributed by atoms with van der Waals surface area (Å²) in [6.45, 7) is 2.89. The minimum atomic E-state index is -0.420. The van der Waals surface area contributed by atoms with Gasteiger partial charge >= 0.3 is 5.63 Å². The summed E-state index contributed by atoms with van der Waals surface area (Å²) in [5.41, 5.74) is 0.103. The van der Waals surface area contributed by atoms with Crippen molar-refractivity contribution >= 4 is 17.5 Å². The Morgan fingerprint density at radius 1 is 1.25 bits per heavy atom. The number of halogens is 1. The lowest BCUT2D eigenvalue weighted by Gasteiger charge is -2.32. The highest BCUT2D eigenvalue weighted by Crippen LogP contribution is 2.22. The van der Waals surface area contributed by atoms with E-state index >= 15 is 0 Å². The van der Waals surface area contributed by atoms with E-state index < -0.39 is 5.63 Å². The molecule has 1 aromatic carbocycles. The Balaban J connectivity index is 1.60. The van der Waals surface area contributed by atoms with Gasteiger partial charge in [0.15, 0.2) is 0 Å². The van der Waals surface area contributed by atoms with Gasteiger partial charge in [-0.2, -0.15) is 0 Å². The Hall–Kier alpha value is -2.27. The van der Waals surface area contributed by atoms with Crippen molar-refractivity contribution in [3.63, 3.8) is 0 Å². The van der Waals surface area contributed by atoms with Crippen LogP contribution in [-0.4, -0.2) is 30.0 Å². The Morgan fingerprint density at radius 3 is 2.62 bits per heavy atom. The molecule has 1 fully saturated rings. The summed E-state index contributed by atoms with van der Waals surface area (Å²) in [6.07, 6.45) is 1.38. The SMILES string of the molecule is Cc1cc(OC2CCN(C(=O)c3ccccc3Cl)CC2)cc(=O)o1. The zero-order valence-corrected chi connectivity index (χ0v) is 14.1. The number of aryl methyl sites for hydroxylation is 1. The molecule has 126 valence electrons. The first kappa shape index (κ1) is 16.6. The van der Waals surface area contributed by atoms with Crippen molar-refractivity contribution in [1.82, 2.24) is 4.90 Å². The zero-order chi connectivity index (χ0) is 17.1. The van der Waals surface area contributed by atoms with E-state index in [-0.39, 0.29) is 12.0 Å². The molecule has 0 N–H and O–H groups in total. The molecule has 0 spiro atoms. The number of carbonyl (C=O) groups is 1. The second-order valence-corrected chi connectivity index (χ2v) is 6.22. The number of rotatable bonds is 3. The average Bonchev–Trinajstić information content (AvgIpc) is 2.54. The maximum Gasteiger partial charge on any atom is 0.339 e. The number of hydrogen-bond donors (Lipinski definition) is 0. The normalized spacial score (nSPS) is 15.3. The maximum absolute atomic E-state index is 12.5. The fraction of sp³-hybridized carbons (Fsp3) is 0.333. The summed E-state index contributed by atoms with van der Waals surface area (Å²) in [6, 6.07) is 10.1. The van der Waals surface area contributed by atoms with Gasteiger partial charge in [0.1, 0.15) is 17.6 Å². The minimum Gasteiger partial charge on any atom is -0.490 e. The Kier molecular flexibility index (Phi) is 4.90. The van der Waals surface area contributed by atoms with E-state index in [4.69, 9.17) is 20.8 Å². The monoisotopic (exact) mass is 347 g/mol. The summed E-state index contributed by atoms with van der Waals surface area (Å²) in [4.78, 5) is 25.7. The average molecular weight is 348 g/mol. The smallest absolute Gasteiger partial charge is 0.339 e. The van der Waals surface area contributed by atoms with Crippen LogP contribution in [-0.2, 0) is 0 Å². The Labute approximate surface area is 144 Å². The van der Waals surface area contributed by atoms with Gasteiger partial charge in [0, 0.05) is 32.0 Å². The van der Waals surface area contributed by atoms with Gasteiger partial charge in [-0.05, 0) is 19.1 Å². The van der Waals surface area contributed by atoms with E-state index in [0.717, 1.165) is 0 Å². The quantitative estimate of drug-likeness (QED) is 0.854. The fourth-order valence-corrected chi connectivity index (χ4v) is 3.03. The lowest BCUT2D eigenvalue weighted by Crippen LogP contribution is -2.41. The van der Waals surface area contributed by atoms with Crippen LogP contribution < -0.4 is 10.4 Å². The van der Waals surface area contributed by atoms with Crippen molar-refractivity contribution in [3.8, 4) is 5.75 Å². The molecule has 0 saturated carbocycles. The molecule has 0 radical (unpaired) electrons. The molecule has 0 aliphatic carbocycles. The molecule has 1 amide bonds. The molecule has 5 nitrogen and oxygen atoms in total. The van der Waals surface area contributed by atoms with E-state index in [0.29, 0.717) is 48.0 Å². The first-order valence-corrected chi connectivity index (χ1v) is 8.23. The number of amides is 1. The van der Waals surface area contributed by atoms with Crippen LogP contribution in [0.25, 0.3) is 0 Å². The van der Waals surface area contributed by atoms with Gasteiger partial charge in [-0.15, -0.1) is 0 Å². The first-order chi connectivity index (χ1) is 11.5. The first-order valence-electron chi connectivity index (χ1n) is 7.85. The molecule has 1 saturated heterocycles. The fourth-order valence-electron chi connectivity index (χ4n) is 2.82. The highest BCUT2D eigenvalue weighted by atomic mass is 35.5. The molecule has 1 aliphatic rings. The van der Waals surface area contributed by atoms with Gasteiger partial charge < -0.3 is 14.1 Å². The van der Waals surface area contributed by atoms with Crippen LogP contribution in [0.5, 0.6) is 5.75 Å². The molecule has 3 rings (SSSR count). The van der Waals surface area contributed by atoms with E-state index in [1.54, 1.807) is 42.2 Å². The highest BCUT2D eigenvalue weighted by molar-refractivity contribution is 6.33. The summed E-state index contributed by atoms with van der Waals surface area (Å²) < 4.78 is 10.8. The van der Waals surface area contributed by atoms with Gasteiger partial charge in [0.05, 0.1) is 16.7 Å². The Morgan fingerprint density at radius 2 is 1.96 bits per heavy atom. The summed E-state index contributed by atoms with van der Waals surface area (Å²) >= 11 is 6.09. The topological polar surface area (TPSA) is 59.8 Å². The second kappa shape index (κ2) is 7.09. The molecule has 1 aliphatic heterocycles. The predicted molar refractivity (Wildman–Crippen MR) is 90.7 cm³/mol. The van der Waals surface area contributed by atoms with Crippen molar-refractivity contribution in [3.05, 3.63) is 63.2 Å². The molecule has 2 heterocycles. The molecule has 0 atom stereocenters. The van der Waals surface area contributed by atoms with Crippen molar-refractivity contribution in [2.75, 3.05) is 13.1 Å². The molecule has 0 bridgehead atoms. The van der Waals surface area contributed by atoms with E-state index in [9.17, 15) is 9.59 Å². The zero-order valence-electron chi connectivity index (χ0n) is 13.3. The Bertz CT molecular complexity index is 794. The van der Waals surface area contributed by atoms with Crippen molar-refractivity contribution in [2.24, 2.45) is 0 Å². The summed E-state index contributed by atoms with van der Waals surface area (Å²) in [5, 5.41) is 0.465. The summed E-state index contributed by atoms with van der Waals surface area (Å²) in [7, 11) is 0. The van der Waals surface area contributed by atoms with Crippen LogP contribution in [0.3, 0.4) is 0 Å². The standard InChI is InChI=1S/C18H18ClNO4/c1-12-10-14(11-17(21)23-12)24-13-6-8-20(9-7-13)18(22)15-4-2-3-5-16(15)19/h2-5,10-11,13H,6-9H2,1H3. The van der Waals surface area contributed by atoms with E-state index in [1.807, 2.05) is 0 Å². The van der Waals surface area contributed by atoms with Crippen molar-refractivity contribution < 1.29 is 13.9 Å². The van der Waals surface area contributed by atoms with Crippen LogP contribution >= 0.6 is 11.6 Å². The number of piperidine rings is 1. The van der Waals surface area contributed by atoms with Crippen LogP contribution in [0, 0.1) is 6.92 Å². The van der Waals surface area contributed by atoms with Crippen molar-refractivity contribution in [1.29, 1.82) is 0 Å². The molecule has 0 unspecified atom stereocenters. The molecular weight excluding hydrogens is 330 g/mol. The van der Waals surface area contributed by atoms with Gasteiger partial charge in [-0.1, -0.05) is 23.7 Å². The number of ether oxygens (including phenoxy) is 1. The third-order valence-electron chi connectivity index (χ3n) is 4.00. The molecule has 2 aromatic rings. The van der Waals surface area contributed by atoms with Crippen LogP contribution in [0.15, 0.2) is 45.6 Å². The lowest BCUT2D eigenvalue weighted by atomic mass is 10.1. The van der Waals surface area contributed by atoms with Crippen molar-refractivity contribution in [2.45, 2.75) is 25.9 Å². The van der Waals surface area contributed by atoms with Gasteiger partial charge in [-0.3, -0.25) is 4.79 Å². The largest absolute Gasteiger partial charge is 0.490 e. The maximum atomic E-state index is 12.5. The molecule has 1 aromatic heterocycles. The molecule has 6 heteroatoms. The third kappa shape index (κ3) is 3.79. The molecule has 24 heavy (non-hydrogen) atoms. The van der Waals surface area contributed by atoms with Gasteiger partial charge in [0.25, 0.3) is 5.91 Å². The third-order valence-corrected chi connectivity index (χ3v) is 4.33. The minimum absolute atomic E-state index is 0.0264. The van der Waals surface area contributed by atoms with Crippen LogP contribution in [0.1, 0.15) is 29.0 Å². The van der Waals surface area contributed by atoms with E-state index in [2.05, 4.69) is 0 Å². The number of hydrogen-bond acceptors (Lipinski definition) is 4. The number of carbonyl (C=O) groups excluding carboxylic acids is 1. The number of likely N-dealkylation sites (tertiary alicyclic amines) is 1. The highest BCUT2D eigenvalue weighted by Gasteiger charge is 2.25. The van der Waals surface area contributed by atoms with E-state index in [1.165, 1.54) is 6.07 Å². The second-order valence-electron chi connectivity index (χ2n) is 5.81. The number of nitrogens with zero attached hydrogens (tertiary/aromatic N) is 1.